The first-order valence-corrected chi connectivity index (χ1v) is 11.0. The van der Waals surface area contributed by atoms with Gasteiger partial charge in [0.15, 0.2) is 0 Å². The van der Waals surface area contributed by atoms with Crippen molar-refractivity contribution in [3.05, 3.63) is 60.3 Å². The molecule has 0 aromatic heterocycles. The number of carbonyl (C=O) groups excluding carboxylic acids is 2. The Hall–Kier alpha value is -2.93. The van der Waals surface area contributed by atoms with E-state index in [-0.39, 0.29) is 24.2 Å². The van der Waals surface area contributed by atoms with Crippen molar-refractivity contribution in [3.63, 3.8) is 0 Å². The Bertz CT molecular complexity index is 952. The maximum Gasteiger partial charge on any atom is 0.355 e. The highest BCUT2D eigenvalue weighted by molar-refractivity contribution is 7.85. The number of anilines is 1. The van der Waals surface area contributed by atoms with Crippen molar-refractivity contribution in [1.29, 1.82) is 0 Å². The minimum Gasteiger partial charge on any atom is -0.463 e. The van der Waals surface area contributed by atoms with Crippen LogP contribution in [0.15, 0.2) is 65.2 Å². The van der Waals surface area contributed by atoms with E-state index in [4.69, 9.17) is 9.47 Å². The average molecular weight is 430 g/mol. The molecule has 0 fully saturated rings. The molecule has 0 radical (unpaired) electrons. The summed E-state index contributed by atoms with van der Waals surface area (Å²) in [6.07, 6.45) is 1.08. The fourth-order valence-electron chi connectivity index (χ4n) is 2.75. The summed E-state index contributed by atoms with van der Waals surface area (Å²) in [5, 5.41) is 2.95. The van der Waals surface area contributed by atoms with Crippen molar-refractivity contribution in [2.75, 3.05) is 18.5 Å². The predicted molar refractivity (Wildman–Crippen MR) is 118 cm³/mol. The van der Waals surface area contributed by atoms with Crippen LogP contribution in [0.3, 0.4) is 0 Å². The number of benzene rings is 2. The summed E-state index contributed by atoms with van der Waals surface area (Å²) in [5.74, 6) is -1.31. The second kappa shape index (κ2) is 11.3. The lowest BCUT2D eigenvalue weighted by molar-refractivity contribution is -0.140. The number of ether oxygens (including phenoxy) is 2. The third kappa shape index (κ3) is 6.03. The monoisotopic (exact) mass is 429 g/mol. The van der Waals surface area contributed by atoms with Crippen molar-refractivity contribution in [2.45, 2.75) is 37.8 Å². The average Bonchev–Trinajstić information content (AvgIpc) is 2.73. The smallest absolute Gasteiger partial charge is 0.355 e. The topological polar surface area (TPSA) is 81.7 Å². The second-order valence-electron chi connectivity index (χ2n) is 6.54. The molecule has 0 aliphatic heterocycles. The minimum atomic E-state index is -1.20. The Balaban J connectivity index is 2.52. The van der Waals surface area contributed by atoms with Crippen molar-refractivity contribution in [2.24, 2.45) is 0 Å². The van der Waals surface area contributed by atoms with Crippen LogP contribution in [0.4, 0.5) is 5.69 Å². The molecule has 0 heterocycles. The van der Waals surface area contributed by atoms with Gasteiger partial charge in [0.25, 0.3) is 0 Å². The van der Waals surface area contributed by atoms with E-state index < -0.39 is 22.7 Å². The van der Waals surface area contributed by atoms with Crippen molar-refractivity contribution < 1.29 is 23.3 Å². The van der Waals surface area contributed by atoms with Crippen LogP contribution in [0.5, 0.6) is 0 Å². The molecule has 0 saturated carbocycles. The molecule has 160 valence electrons. The number of carbonyl (C=O) groups is 2. The zero-order valence-corrected chi connectivity index (χ0v) is 18.5. The Labute approximate surface area is 179 Å². The SMILES string of the molecule is CCOC(=O)/C=C(/Nc1ccccc1-c1ccccc1S(=O)C(C)C)C(=O)OCC. The lowest BCUT2D eigenvalue weighted by Crippen LogP contribution is -2.17. The summed E-state index contributed by atoms with van der Waals surface area (Å²) < 4.78 is 22.8. The van der Waals surface area contributed by atoms with Gasteiger partial charge in [-0.15, -0.1) is 0 Å². The van der Waals surface area contributed by atoms with Gasteiger partial charge in [-0.05, 0) is 31.5 Å². The van der Waals surface area contributed by atoms with Crippen LogP contribution in [0.2, 0.25) is 0 Å². The van der Waals surface area contributed by atoms with Gasteiger partial charge in [-0.3, -0.25) is 4.21 Å². The number of hydrogen-bond acceptors (Lipinski definition) is 6. The lowest BCUT2D eigenvalue weighted by Gasteiger charge is -2.17. The number of rotatable bonds is 9. The van der Waals surface area contributed by atoms with Gasteiger partial charge >= 0.3 is 11.9 Å². The Kier molecular flexibility index (Phi) is 8.80. The molecule has 0 spiro atoms. The highest BCUT2D eigenvalue weighted by atomic mass is 32.2. The van der Waals surface area contributed by atoms with Gasteiger partial charge in [-0.25, -0.2) is 9.59 Å². The first-order valence-electron chi connectivity index (χ1n) is 9.80. The zero-order valence-electron chi connectivity index (χ0n) is 17.6. The fourth-order valence-corrected chi connectivity index (χ4v) is 3.86. The Morgan fingerprint density at radius 2 is 1.57 bits per heavy atom. The van der Waals surface area contributed by atoms with E-state index in [1.807, 2.05) is 50.2 Å². The molecule has 1 atom stereocenters. The van der Waals surface area contributed by atoms with Crippen LogP contribution in [-0.4, -0.2) is 34.6 Å². The van der Waals surface area contributed by atoms with Gasteiger partial charge in [0.1, 0.15) is 5.70 Å². The molecule has 0 bridgehead atoms. The van der Waals surface area contributed by atoms with Gasteiger partial charge in [0.05, 0.1) is 30.1 Å². The quantitative estimate of drug-likeness (QED) is 0.473. The molecule has 1 N–H and O–H groups in total. The molecular formula is C23H27NO5S. The molecule has 1 unspecified atom stereocenters. The highest BCUT2D eigenvalue weighted by Crippen LogP contribution is 2.33. The second-order valence-corrected chi connectivity index (χ2v) is 8.52. The van der Waals surface area contributed by atoms with Gasteiger partial charge in [-0.1, -0.05) is 50.2 Å². The third-order valence-corrected chi connectivity index (χ3v) is 5.71. The molecule has 0 amide bonds. The summed E-state index contributed by atoms with van der Waals surface area (Å²) in [6.45, 7) is 7.53. The van der Waals surface area contributed by atoms with Crippen LogP contribution in [0.25, 0.3) is 11.1 Å². The molecule has 30 heavy (non-hydrogen) atoms. The first-order chi connectivity index (χ1) is 14.4. The summed E-state index contributed by atoms with van der Waals surface area (Å²) in [5.41, 5.74) is 2.08. The van der Waals surface area contributed by atoms with Crippen LogP contribution in [-0.2, 0) is 29.9 Å². The molecular weight excluding hydrogens is 402 g/mol. The van der Waals surface area contributed by atoms with E-state index >= 15 is 0 Å². The van der Waals surface area contributed by atoms with Crippen molar-refractivity contribution in [1.82, 2.24) is 0 Å². The molecule has 0 aliphatic carbocycles. The molecule has 2 aromatic carbocycles. The third-order valence-electron chi connectivity index (χ3n) is 4.06. The minimum absolute atomic E-state index is 0.0368. The van der Waals surface area contributed by atoms with E-state index in [1.165, 1.54) is 0 Å². The summed E-state index contributed by atoms with van der Waals surface area (Å²) >= 11 is 0. The highest BCUT2D eigenvalue weighted by Gasteiger charge is 2.19. The van der Waals surface area contributed by atoms with Crippen LogP contribution in [0, 0.1) is 0 Å². The maximum absolute atomic E-state index is 12.8. The predicted octanol–water partition coefficient (Wildman–Crippen LogP) is 4.29. The lowest BCUT2D eigenvalue weighted by atomic mass is 10.0. The summed E-state index contributed by atoms with van der Waals surface area (Å²) in [4.78, 5) is 25.0. The van der Waals surface area contributed by atoms with Crippen LogP contribution >= 0.6 is 0 Å². The van der Waals surface area contributed by atoms with E-state index in [0.29, 0.717) is 10.6 Å². The number of para-hydroxylation sites is 1. The van der Waals surface area contributed by atoms with Crippen LogP contribution < -0.4 is 5.32 Å². The molecule has 7 heteroatoms. The molecule has 2 rings (SSSR count). The van der Waals surface area contributed by atoms with Crippen LogP contribution in [0.1, 0.15) is 27.7 Å². The fraction of sp³-hybridized carbons (Fsp3) is 0.304. The Morgan fingerprint density at radius 3 is 2.20 bits per heavy atom. The van der Waals surface area contributed by atoms with E-state index in [0.717, 1.165) is 17.2 Å². The number of nitrogens with one attached hydrogen (secondary N) is 1. The number of esters is 2. The van der Waals surface area contributed by atoms with Gasteiger partial charge in [0, 0.05) is 21.4 Å². The normalized spacial score (nSPS) is 12.4. The summed E-state index contributed by atoms with van der Waals surface area (Å²) in [6, 6.07) is 14.7. The molecule has 2 aromatic rings. The molecule has 6 nitrogen and oxygen atoms in total. The van der Waals surface area contributed by atoms with E-state index in [2.05, 4.69) is 5.32 Å². The van der Waals surface area contributed by atoms with Gasteiger partial charge in [-0.2, -0.15) is 0 Å². The maximum atomic E-state index is 12.8. The van der Waals surface area contributed by atoms with Crippen molar-refractivity contribution >= 4 is 28.4 Å². The Morgan fingerprint density at radius 1 is 0.967 bits per heavy atom. The number of hydrogen-bond donors (Lipinski definition) is 1. The van der Waals surface area contributed by atoms with Gasteiger partial charge < -0.3 is 14.8 Å². The van der Waals surface area contributed by atoms with E-state index in [1.54, 1.807) is 26.0 Å². The first kappa shape index (κ1) is 23.3. The largest absolute Gasteiger partial charge is 0.463 e. The van der Waals surface area contributed by atoms with E-state index in [9.17, 15) is 13.8 Å². The zero-order chi connectivity index (χ0) is 22.1. The molecule has 0 aliphatic rings. The molecule has 0 saturated heterocycles. The van der Waals surface area contributed by atoms with Gasteiger partial charge in [0.2, 0.25) is 0 Å². The van der Waals surface area contributed by atoms with Crippen molar-refractivity contribution in [3.8, 4) is 11.1 Å². The standard InChI is InChI=1S/C23H27NO5S/c1-5-28-22(25)15-20(23(26)29-6-2)24-19-13-9-7-11-17(19)18-12-8-10-14-21(18)30(27)16(3)4/h7-16,24H,5-6H2,1-4H3/b20-15+. The summed E-state index contributed by atoms with van der Waals surface area (Å²) in [7, 11) is -1.20.